The Morgan fingerprint density at radius 3 is 1.16 bits per heavy atom. The second kappa shape index (κ2) is 18.9. The fourth-order valence-corrected chi connectivity index (χ4v) is 14.1. The van der Waals surface area contributed by atoms with Gasteiger partial charge in [0.05, 0.1) is 39.1 Å². The molecule has 0 unspecified atom stereocenters. The Kier molecular flexibility index (Phi) is 10.7. The van der Waals surface area contributed by atoms with Crippen molar-refractivity contribution in [1.82, 2.24) is 9.13 Å². The summed E-state index contributed by atoms with van der Waals surface area (Å²) in [6.45, 7) is -0.178. The van der Waals surface area contributed by atoms with Crippen LogP contribution in [0.5, 0.6) is 0 Å². The smallest absolute Gasteiger partial charge is 0.252 e. The summed E-state index contributed by atoms with van der Waals surface area (Å²) in [4.78, 5) is 5.31. The molecule has 2 aliphatic heterocycles. The Hall–Kier alpha value is -10.9. The molecule has 0 radical (unpaired) electrons. The Labute approximate surface area is 482 Å². The van der Waals surface area contributed by atoms with E-state index in [0.717, 1.165) is 89.8 Å². The first kappa shape index (κ1) is 47.0. The Bertz CT molecular complexity index is 4860. The van der Waals surface area contributed by atoms with Crippen LogP contribution in [0.2, 0.25) is 0 Å². The Morgan fingerprint density at radius 2 is 0.639 bits per heavy atom. The highest BCUT2D eigenvalue weighted by Gasteiger charge is 2.46. The molecule has 0 saturated carbocycles. The fraction of sp³-hybridized carbons (Fsp3) is 0. The molecule has 0 spiro atoms. The van der Waals surface area contributed by atoms with Crippen molar-refractivity contribution < 1.29 is 0 Å². The molecule has 0 aliphatic carbocycles. The van der Waals surface area contributed by atoms with E-state index in [9.17, 15) is 0 Å². The third kappa shape index (κ3) is 7.14. The van der Waals surface area contributed by atoms with Gasteiger partial charge in [-0.3, -0.25) is 0 Å². The minimum Gasteiger partial charge on any atom is -0.310 e. The van der Waals surface area contributed by atoms with Crippen LogP contribution in [-0.4, -0.2) is 15.8 Å². The molecule has 2 aromatic heterocycles. The third-order valence-electron chi connectivity index (χ3n) is 17.5. The van der Waals surface area contributed by atoms with Crippen LogP contribution in [0.15, 0.2) is 309 Å². The van der Waals surface area contributed by atoms with Gasteiger partial charge in [-0.1, -0.05) is 249 Å². The molecule has 5 heteroatoms. The van der Waals surface area contributed by atoms with Gasteiger partial charge in [0.25, 0.3) is 6.71 Å². The number of benzene rings is 13. The molecule has 386 valence electrons. The predicted molar refractivity (Wildman–Crippen MR) is 351 cm³/mol. The zero-order valence-electron chi connectivity index (χ0n) is 45.3. The van der Waals surface area contributed by atoms with Crippen molar-refractivity contribution in [3.8, 4) is 55.9 Å². The molecular weight excluding hydrogens is 1000 g/mol. The standard InChI is InChI=1S/C78H51BN4/c1-6-25-52(26-7-1)58-38-22-39-59(53-27-8-2-9-28-53)76(58)82-71-45-24-46-72-75(71)79(65-48-47-57(51-73(65)82)81-67-42-19-16-35-62(67)63-36-17-20-43-68(63)81)66-49-50-70-74(64-37-18-21-44-69(64)80(70)56-33-14-5-15-34-56)78(66)83(72)77-60(54-29-10-3-11-30-54)40-23-41-61(77)55-31-12-4-13-32-55/h1-51H. The molecule has 0 bridgehead atoms. The van der Waals surface area contributed by atoms with Crippen LogP contribution >= 0.6 is 0 Å². The first-order valence-electron chi connectivity index (χ1n) is 28.7. The zero-order valence-corrected chi connectivity index (χ0v) is 45.3. The minimum absolute atomic E-state index is 0.178. The molecule has 15 aromatic rings. The summed E-state index contributed by atoms with van der Waals surface area (Å²) in [5.41, 5.74) is 26.8. The maximum absolute atomic E-state index is 2.68. The number of rotatable bonds is 8. The van der Waals surface area contributed by atoms with Crippen molar-refractivity contribution >= 4 is 101 Å². The highest BCUT2D eigenvalue weighted by atomic mass is 15.2. The van der Waals surface area contributed by atoms with Gasteiger partial charge in [-0.25, -0.2) is 0 Å². The van der Waals surface area contributed by atoms with E-state index in [-0.39, 0.29) is 6.71 Å². The summed E-state index contributed by atoms with van der Waals surface area (Å²) < 4.78 is 4.94. The monoisotopic (exact) mass is 1050 g/mol. The van der Waals surface area contributed by atoms with Crippen LogP contribution in [0.3, 0.4) is 0 Å². The molecule has 4 nitrogen and oxygen atoms in total. The van der Waals surface area contributed by atoms with Gasteiger partial charge in [-0.05, 0) is 99.3 Å². The van der Waals surface area contributed by atoms with E-state index in [1.807, 2.05) is 0 Å². The molecule has 0 amide bonds. The van der Waals surface area contributed by atoms with Gasteiger partial charge in [-0.15, -0.1) is 0 Å². The van der Waals surface area contributed by atoms with E-state index in [1.54, 1.807) is 0 Å². The number of nitrogens with zero attached hydrogens (tertiary/aromatic N) is 4. The largest absolute Gasteiger partial charge is 0.310 e. The highest BCUT2D eigenvalue weighted by Crippen LogP contribution is 2.54. The van der Waals surface area contributed by atoms with Gasteiger partial charge in [0.2, 0.25) is 0 Å². The van der Waals surface area contributed by atoms with E-state index < -0.39 is 0 Å². The molecule has 13 aromatic carbocycles. The van der Waals surface area contributed by atoms with E-state index >= 15 is 0 Å². The van der Waals surface area contributed by atoms with Crippen LogP contribution in [0.4, 0.5) is 34.1 Å². The number of hydrogen-bond donors (Lipinski definition) is 0. The lowest BCUT2D eigenvalue weighted by molar-refractivity contribution is 1.17. The van der Waals surface area contributed by atoms with Crippen molar-refractivity contribution in [2.24, 2.45) is 0 Å². The van der Waals surface area contributed by atoms with Crippen molar-refractivity contribution in [3.05, 3.63) is 309 Å². The summed E-state index contributed by atoms with van der Waals surface area (Å²) in [5.74, 6) is 0. The van der Waals surface area contributed by atoms with Crippen LogP contribution in [-0.2, 0) is 0 Å². The van der Waals surface area contributed by atoms with Gasteiger partial charge in [-0.2, -0.15) is 0 Å². The highest BCUT2D eigenvalue weighted by molar-refractivity contribution is 7.00. The van der Waals surface area contributed by atoms with Gasteiger partial charge < -0.3 is 18.9 Å². The second-order valence-electron chi connectivity index (χ2n) is 21.9. The van der Waals surface area contributed by atoms with Crippen molar-refractivity contribution in [3.63, 3.8) is 0 Å². The van der Waals surface area contributed by atoms with E-state index in [2.05, 4.69) is 328 Å². The topological polar surface area (TPSA) is 16.3 Å². The summed E-state index contributed by atoms with van der Waals surface area (Å²) in [7, 11) is 0. The fourth-order valence-electron chi connectivity index (χ4n) is 14.1. The maximum Gasteiger partial charge on any atom is 0.252 e. The number of hydrogen-bond acceptors (Lipinski definition) is 2. The molecule has 0 saturated heterocycles. The van der Waals surface area contributed by atoms with Gasteiger partial charge in [0.1, 0.15) is 0 Å². The quantitative estimate of drug-likeness (QED) is 0.141. The summed E-state index contributed by atoms with van der Waals surface area (Å²) in [6.07, 6.45) is 0. The number of fused-ring (bicyclic) bond motifs is 11. The van der Waals surface area contributed by atoms with Crippen LogP contribution in [0, 0.1) is 0 Å². The average molecular weight is 1060 g/mol. The SMILES string of the molecule is c1ccc(-c2cccc(-c3ccccc3)c2N2c3cc(-n4c5ccccc5c5ccccc54)ccc3B3c4ccc5c(c4N(c4c(-c6ccccc6)cccc4-c4ccccc4)c4cccc2c43)c2ccccc2n5-c2ccccc2)cc1. The normalized spacial score (nSPS) is 12.5. The molecule has 17 rings (SSSR count). The van der Waals surface area contributed by atoms with Gasteiger partial charge in [0.15, 0.2) is 0 Å². The van der Waals surface area contributed by atoms with Crippen LogP contribution < -0.4 is 26.2 Å². The van der Waals surface area contributed by atoms with Gasteiger partial charge in [0, 0.05) is 72.2 Å². The molecular formula is C78H51BN4. The molecule has 2 aliphatic rings. The van der Waals surface area contributed by atoms with Gasteiger partial charge >= 0.3 is 0 Å². The lowest BCUT2D eigenvalue weighted by atomic mass is 9.33. The minimum atomic E-state index is -0.178. The molecule has 0 N–H and O–H groups in total. The molecule has 0 fully saturated rings. The number of para-hydroxylation sites is 6. The summed E-state index contributed by atoms with van der Waals surface area (Å²) >= 11 is 0. The Balaban J connectivity index is 1.05. The first-order chi connectivity index (χ1) is 41.3. The van der Waals surface area contributed by atoms with Crippen molar-refractivity contribution in [2.75, 3.05) is 9.80 Å². The average Bonchev–Trinajstić information content (AvgIpc) is 2.12. The molecule has 83 heavy (non-hydrogen) atoms. The van der Waals surface area contributed by atoms with Crippen molar-refractivity contribution in [1.29, 1.82) is 0 Å². The predicted octanol–water partition coefficient (Wildman–Crippen LogP) is 18.6. The van der Waals surface area contributed by atoms with E-state index in [4.69, 9.17) is 0 Å². The number of aromatic nitrogens is 2. The van der Waals surface area contributed by atoms with E-state index in [1.165, 1.54) is 60.2 Å². The van der Waals surface area contributed by atoms with E-state index in [0.29, 0.717) is 0 Å². The van der Waals surface area contributed by atoms with Crippen LogP contribution in [0.25, 0.3) is 99.5 Å². The molecule has 0 atom stereocenters. The number of anilines is 6. The lowest BCUT2D eigenvalue weighted by Crippen LogP contribution is -2.61. The Morgan fingerprint density at radius 1 is 0.241 bits per heavy atom. The summed E-state index contributed by atoms with van der Waals surface area (Å²) in [5, 5.41) is 4.89. The molecule has 4 heterocycles. The second-order valence-corrected chi connectivity index (χ2v) is 21.9. The summed E-state index contributed by atoms with van der Waals surface area (Å²) in [6, 6.07) is 115. The first-order valence-corrected chi connectivity index (χ1v) is 28.7. The van der Waals surface area contributed by atoms with Crippen LogP contribution in [0.1, 0.15) is 0 Å². The maximum atomic E-state index is 2.68. The lowest BCUT2D eigenvalue weighted by Gasteiger charge is -2.46. The van der Waals surface area contributed by atoms with Crippen molar-refractivity contribution in [2.45, 2.75) is 0 Å². The zero-order chi connectivity index (χ0) is 54.5. The third-order valence-corrected chi connectivity index (χ3v) is 17.5.